The van der Waals surface area contributed by atoms with E-state index in [-0.39, 0.29) is 17.3 Å². The van der Waals surface area contributed by atoms with E-state index in [9.17, 15) is 19.2 Å². The maximum atomic E-state index is 12.4. The van der Waals surface area contributed by atoms with Crippen LogP contribution in [0.15, 0.2) is 35.5 Å². The Morgan fingerprint density at radius 1 is 1.29 bits per heavy atom. The number of oxime groups is 1. The highest BCUT2D eigenvalue weighted by molar-refractivity contribution is 7.98. The third-order valence-electron chi connectivity index (χ3n) is 3.65. The normalized spacial score (nSPS) is 19.0. The second-order valence-corrected chi connectivity index (χ2v) is 6.73. The minimum Gasteiger partial charge on any atom is -0.479 e. The van der Waals surface area contributed by atoms with Gasteiger partial charge in [-0.1, -0.05) is 35.5 Å². The molecule has 0 spiro atoms. The molecule has 1 aliphatic heterocycles. The molecule has 2 amide bonds. The van der Waals surface area contributed by atoms with Gasteiger partial charge in [-0.15, -0.1) is 11.6 Å². The first kappa shape index (κ1) is 21.5. The summed E-state index contributed by atoms with van der Waals surface area (Å²) in [5.74, 6) is -3.67. The van der Waals surface area contributed by atoms with Crippen molar-refractivity contribution in [3.8, 4) is 0 Å². The molecule has 0 unspecified atom stereocenters. The van der Waals surface area contributed by atoms with Gasteiger partial charge in [0.2, 0.25) is 0 Å². The summed E-state index contributed by atoms with van der Waals surface area (Å²) in [5.41, 5.74) is 0.106. The van der Waals surface area contributed by atoms with Gasteiger partial charge in [-0.2, -0.15) is 0 Å². The molecule has 1 aliphatic rings. The van der Waals surface area contributed by atoms with Crippen LogP contribution in [0.2, 0.25) is 0 Å². The van der Waals surface area contributed by atoms with Crippen LogP contribution in [-0.4, -0.2) is 74.4 Å². The van der Waals surface area contributed by atoms with Gasteiger partial charge in [-0.05, 0) is 11.9 Å². The number of hydrogen-bond donors (Lipinski definition) is 3. The average molecular weight is 430 g/mol. The summed E-state index contributed by atoms with van der Waals surface area (Å²) in [6, 6.07) is 6.63. The molecule has 1 saturated heterocycles. The number of ether oxygens (including phenoxy) is 1. The van der Waals surface area contributed by atoms with E-state index in [0.717, 1.165) is 11.9 Å². The molecular weight excluding hydrogens is 414 g/mol. The van der Waals surface area contributed by atoms with E-state index in [1.54, 1.807) is 30.3 Å². The maximum Gasteiger partial charge on any atom is 0.341 e. The topological polar surface area (TPSA) is 146 Å². The Morgan fingerprint density at radius 3 is 2.54 bits per heavy atom. The van der Waals surface area contributed by atoms with Crippen molar-refractivity contribution in [2.24, 2.45) is 5.16 Å². The summed E-state index contributed by atoms with van der Waals surface area (Å²) < 4.78 is 5.68. The molecule has 1 fully saturated rings. The molecule has 3 N–H and O–H groups in total. The van der Waals surface area contributed by atoms with Crippen LogP contribution in [0.25, 0.3) is 0 Å². The zero-order chi connectivity index (χ0) is 20.7. The zero-order valence-electron chi connectivity index (χ0n) is 14.3. The Labute approximate surface area is 168 Å². The molecule has 2 rings (SSSR count). The van der Waals surface area contributed by atoms with Gasteiger partial charge < -0.3 is 20.4 Å². The number of benzene rings is 1. The average Bonchev–Trinajstić information content (AvgIpc) is 2.69. The van der Waals surface area contributed by atoms with Gasteiger partial charge in [0, 0.05) is 11.4 Å². The SMILES string of the molecule is O=C(O)COC(=O)CSN1C(=O)[C@@H](NC(=O)C(=NO)c2ccccc2)[C@H]1CCl. The van der Waals surface area contributed by atoms with Gasteiger partial charge in [-0.25, -0.2) is 4.79 Å². The minimum atomic E-state index is -1.29. The van der Waals surface area contributed by atoms with Crippen LogP contribution in [0.3, 0.4) is 0 Å². The number of rotatable bonds is 9. The molecule has 0 aliphatic carbocycles. The second kappa shape index (κ2) is 9.95. The number of carboxylic acids is 1. The fourth-order valence-electron chi connectivity index (χ4n) is 2.33. The Balaban J connectivity index is 1.93. The largest absolute Gasteiger partial charge is 0.479 e. The van der Waals surface area contributed by atoms with Crippen molar-refractivity contribution in [3.05, 3.63) is 35.9 Å². The van der Waals surface area contributed by atoms with Gasteiger partial charge in [-0.3, -0.25) is 18.7 Å². The van der Waals surface area contributed by atoms with E-state index in [4.69, 9.17) is 21.9 Å². The summed E-state index contributed by atoms with van der Waals surface area (Å²) in [6.07, 6.45) is 0. The fourth-order valence-corrected chi connectivity index (χ4v) is 3.69. The number of halogens is 1. The number of nitrogens with one attached hydrogen (secondary N) is 1. The van der Waals surface area contributed by atoms with Gasteiger partial charge in [0.25, 0.3) is 11.8 Å². The molecule has 2 atom stereocenters. The lowest BCUT2D eigenvalue weighted by molar-refractivity contribution is -0.153. The Hall–Kier alpha value is -2.79. The fraction of sp³-hybridized carbons (Fsp3) is 0.312. The molecule has 0 radical (unpaired) electrons. The van der Waals surface area contributed by atoms with Crippen LogP contribution in [-0.2, 0) is 23.9 Å². The highest BCUT2D eigenvalue weighted by atomic mass is 35.5. The first-order chi connectivity index (χ1) is 13.4. The number of hydrogen-bond acceptors (Lipinski definition) is 8. The first-order valence-corrected chi connectivity index (χ1v) is 9.34. The van der Waals surface area contributed by atoms with Crippen LogP contribution >= 0.6 is 23.5 Å². The van der Waals surface area contributed by atoms with Gasteiger partial charge in [0.1, 0.15) is 11.8 Å². The molecule has 0 saturated carbocycles. The van der Waals surface area contributed by atoms with Crippen LogP contribution in [0.4, 0.5) is 0 Å². The summed E-state index contributed by atoms with van der Waals surface area (Å²) in [6.45, 7) is -0.770. The Kier molecular flexibility index (Phi) is 7.64. The first-order valence-electron chi connectivity index (χ1n) is 7.86. The van der Waals surface area contributed by atoms with E-state index >= 15 is 0 Å². The number of β-lactam (4-membered cyclic amide) rings is 1. The standard InChI is InChI=1S/C16H16ClN3O7S/c17-6-10-14(16(25)20(10)28-8-12(23)27-7-11(21)22)18-15(24)13(19-26)9-4-2-1-3-5-9/h1-5,10,14,26H,6-8H2,(H,18,24)(H,21,22)/t10-,14+/m1/s1. The van der Waals surface area contributed by atoms with Gasteiger partial charge >= 0.3 is 11.9 Å². The van der Waals surface area contributed by atoms with Crippen molar-refractivity contribution < 1.29 is 34.2 Å². The summed E-state index contributed by atoms with van der Waals surface area (Å²) in [4.78, 5) is 46.4. The zero-order valence-corrected chi connectivity index (χ0v) is 15.9. The molecule has 150 valence electrons. The van der Waals surface area contributed by atoms with E-state index in [0.29, 0.717) is 5.56 Å². The molecule has 0 aromatic heterocycles. The van der Waals surface area contributed by atoms with Crippen molar-refractivity contribution in [2.45, 2.75) is 12.1 Å². The predicted molar refractivity (Wildman–Crippen MR) is 99.1 cm³/mol. The molecule has 12 heteroatoms. The second-order valence-electron chi connectivity index (χ2n) is 5.48. The molecule has 0 bridgehead atoms. The van der Waals surface area contributed by atoms with Crippen LogP contribution < -0.4 is 5.32 Å². The van der Waals surface area contributed by atoms with E-state index in [1.807, 2.05) is 0 Å². The van der Waals surface area contributed by atoms with Crippen molar-refractivity contribution >= 4 is 53.0 Å². The van der Waals surface area contributed by atoms with Gasteiger partial charge in [0.15, 0.2) is 12.3 Å². The number of carboxylic acid groups (broad SMARTS) is 1. The Morgan fingerprint density at radius 2 is 1.96 bits per heavy atom. The Bertz CT molecular complexity index is 790. The van der Waals surface area contributed by atoms with Crippen molar-refractivity contribution in [2.75, 3.05) is 18.2 Å². The van der Waals surface area contributed by atoms with Crippen molar-refractivity contribution in [3.63, 3.8) is 0 Å². The number of alkyl halides is 1. The van der Waals surface area contributed by atoms with E-state index < -0.39 is 42.4 Å². The number of amides is 2. The predicted octanol–water partition coefficient (Wildman–Crippen LogP) is 0.0753. The van der Waals surface area contributed by atoms with E-state index in [2.05, 4.69) is 15.2 Å². The van der Waals surface area contributed by atoms with Crippen LogP contribution in [0, 0.1) is 0 Å². The third-order valence-corrected chi connectivity index (χ3v) is 5.06. The van der Waals surface area contributed by atoms with Crippen molar-refractivity contribution in [1.29, 1.82) is 0 Å². The number of nitrogens with zero attached hydrogens (tertiary/aromatic N) is 2. The molecule has 1 aromatic rings. The summed E-state index contributed by atoms with van der Waals surface area (Å²) in [7, 11) is 0. The highest BCUT2D eigenvalue weighted by Crippen LogP contribution is 2.29. The summed E-state index contributed by atoms with van der Waals surface area (Å²) >= 11 is 6.66. The summed E-state index contributed by atoms with van der Waals surface area (Å²) in [5, 5.41) is 23.0. The third kappa shape index (κ3) is 5.14. The van der Waals surface area contributed by atoms with Gasteiger partial charge in [0.05, 0.1) is 6.04 Å². The highest BCUT2D eigenvalue weighted by Gasteiger charge is 2.48. The molecular formula is C16H16ClN3O7S. The van der Waals surface area contributed by atoms with Crippen LogP contribution in [0.5, 0.6) is 0 Å². The monoisotopic (exact) mass is 429 g/mol. The minimum absolute atomic E-state index is 0.0230. The number of aliphatic carboxylic acids is 1. The lowest BCUT2D eigenvalue weighted by Gasteiger charge is -2.44. The molecule has 10 nitrogen and oxygen atoms in total. The maximum absolute atomic E-state index is 12.4. The molecule has 1 aromatic carbocycles. The smallest absolute Gasteiger partial charge is 0.341 e. The lowest BCUT2D eigenvalue weighted by atomic mass is 10.00. The molecule has 1 heterocycles. The number of carbonyl (C=O) groups excluding carboxylic acids is 3. The van der Waals surface area contributed by atoms with E-state index in [1.165, 1.54) is 4.31 Å². The number of carbonyl (C=O) groups is 4. The lowest BCUT2D eigenvalue weighted by Crippen LogP contribution is -2.69. The van der Waals surface area contributed by atoms with Crippen LogP contribution in [0.1, 0.15) is 5.56 Å². The quantitative estimate of drug-likeness (QED) is 0.0951. The molecule has 28 heavy (non-hydrogen) atoms. The number of esters is 1. The van der Waals surface area contributed by atoms with Crippen molar-refractivity contribution in [1.82, 2.24) is 9.62 Å².